The van der Waals surface area contributed by atoms with Gasteiger partial charge in [0.25, 0.3) is 0 Å². The molecule has 0 radical (unpaired) electrons. The summed E-state index contributed by atoms with van der Waals surface area (Å²) in [6.45, 7) is 5.59. The van der Waals surface area contributed by atoms with E-state index in [4.69, 9.17) is 18.0 Å². The highest BCUT2D eigenvalue weighted by molar-refractivity contribution is 7.80. The molecule has 0 aromatic rings. The molecule has 13 heavy (non-hydrogen) atoms. The van der Waals surface area contributed by atoms with Gasteiger partial charge in [0.1, 0.15) is 0 Å². The summed E-state index contributed by atoms with van der Waals surface area (Å²) >= 11 is 4.94. The molecule has 0 spiro atoms. The Labute approximate surface area is 84.9 Å². The predicted octanol–water partition coefficient (Wildman–Crippen LogP) is 0.258. The fourth-order valence-corrected chi connectivity index (χ4v) is 2.00. The fourth-order valence-electron chi connectivity index (χ4n) is 1.82. The van der Waals surface area contributed by atoms with Crippen molar-refractivity contribution in [1.29, 1.82) is 0 Å². The molecule has 0 bridgehead atoms. The molecule has 1 saturated carbocycles. The topological polar surface area (TPSA) is 32.5 Å². The fraction of sp³-hybridized carbons (Fsp3) is 0.889. The molecule has 1 aliphatic carbocycles. The van der Waals surface area contributed by atoms with Gasteiger partial charge in [-0.2, -0.15) is 0 Å². The van der Waals surface area contributed by atoms with Crippen molar-refractivity contribution in [3.05, 3.63) is 0 Å². The average molecular weight is 199 g/mol. The van der Waals surface area contributed by atoms with Crippen molar-refractivity contribution in [2.45, 2.75) is 12.8 Å². The van der Waals surface area contributed by atoms with E-state index >= 15 is 0 Å². The van der Waals surface area contributed by atoms with Crippen LogP contribution < -0.4 is 5.73 Å². The standard InChI is InChI=1S/C9H17N3S/c10-9(13)12-5-3-11(4-6-12)7-8-1-2-8/h8H,1-7H2,(H2,10,13). The Kier molecular flexibility index (Phi) is 2.69. The zero-order chi connectivity index (χ0) is 9.26. The molecule has 0 amide bonds. The van der Waals surface area contributed by atoms with Crippen molar-refractivity contribution < 1.29 is 0 Å². The van der Waals surface area contributed by atoms with Crippen LogP contribution in [0.5, 0.6) is 0 Å². The molecule has 0 atom stereocenters. The summed E-state index contributed by atoms with van der Waals surface area (Å²) in [5, 5.41) is 0.561. The molecular weight excluding hydrogens is 182 g/mol. The van der Waals surface area contributed by atoms with Gasteiger partial charge in [0.15, 0.2) is 5.11 Å². The SMILES string of the molecule is NC(=S)N1CCN(CC2CC2)CC1. The highest BCUT2D eigenvalue weighted by Crippen LogP contribution is 2.29. The molecule has 2 fully saturated rings. The zero-order valence-corrected chi connectivity index (χ0v) is 8.72. The summed E-state index contributed by atoms with van der Waals surface area (Å²) in [5.41, 5.74) is 5.57. The Balaban J connectivity index is 1.71. The highest BCUT2D eigenvalue weighted by Gasteiger charge is 2.26. The number of thiocarbonyl (C=S) groups is 1. The molecule has 1 aliphatic heterocycles. The van der Waals surface area contributed by atoms with Gasteiger partial charge < -0.3 is 10.6 Å². The summed E-state index contributed by atoms with van der Waals surface area (Å²) in [5.74, 6) is 0.997. The van der Waals surface area contributed by atoms with Crippen LogP contribution in [0.1, 0.15) is 12.8 Å². The van der Waals surface area contributed by atoms with Crippen molar-refractivity contribution in [2.75, 3.05) is 32.7 Å². The summed E-state index contributed by atoms with van der Waals surface area (Å²) in [7, 11) is 0. The third kappa shape index (κ3) is 2.54. The minimum atomic E-state index is 0.561. The smallest absolute Gasteiger partial charge is 0.166 e. The van der Waals surface area contributed by atoms with Crippen LogP contribution in [0.3, 0.4) is 0 Å². The monoisotopic (exact) mass is 199 g/mol. The second-order valence-electron chi connectivity index (χ2n) is 4.07. The average Bonchev–Trinajstić information content (AvgIpc) is 2.89. The van der Waals surface area contributed by atoms with Gasteiger partial charge in [-0.1, -0.05) is 0 Å². The first kappa shape index (κ1) is 9.21. The molecule has 1 heterocycles. The predicted molar refractivity (Wildman–Crippen MR) is 57.5 cm³/mol. The number of hydrogen-bond donors (Lipinski definition) is 1. The van der Waals surface area contributed by atoms with Gasteiger partial charge in [0, 0.05) is 32.7 Å². The van der Waals surface area contributed by atoms with Crippen molar-refractivity contribution in [2.24, 2.45) is 11.7 Å². The first-order valence-electron chi connectivity index (χ1n) is 5.02. The van der Waals surface area contributed by atoms with E-state index in [1.165, 1.54) is 19.4 Å². The number of nitrogens with two attached hydrogens (primary N) is 1. The highest BCUT2D eigenvalue weighted by atomic mass is 32.1. The summed E-state index contributed by atoms with van der Waals surface area (Å²) in [6.07, 6.45) is 2.88. The van der Waals surface area contributed by atoms with Crippen LogP contribution in [0, 0.1) is 5.92 Å². The van der Waals surface area contributed by atoms with E-state index in [9.17, 15) is 0 Å². The third-order valence-electron chi connectivity index (χ3n) is 2.90. The molecule has 1 saturated heterocycles. The normalized spacial score (nSPS) is 24.8. The van der Waals surface area contributed by atoms with Gasteiger partial charge in [0.05, 0.1) is 0 Å². The van der Waals surface area contributed by atoms with Crippen molar-refractivity contribution in [3.8, 4) is 0 Å². The molecular formula is C9H17N3S. The lowest BCUT2D eigenvalue weighted by Gasteiger charge is -2.34. The Morgan fingerprint density at radius 2 is 1.85 bits per heavy atom. The summed E-state index contributed by atoms with van der Waals surface area (Å²) < 4.78 is 0. The van der Waals surface area contributed by atoms with E-state index in [0.29, 0.717) is 5.11 Å². The summed E-state index contributed by atoms with van der Waals surface area (Å²) in [6, 6.07) is 0. The maximum atomic E-state index is 5.57. The summed E-state index contributed by atoms with van der Waals surface area (Å²) in [4.78, 5) is 4.63. The molecule has 0 unspecified atom stereocenters. The minimum Gasteiger partial charge on any atom is -0.376 e. The van der Waals surface area contributed by atoms with Crippen LogP contribution in [0.2, 0.25) is 0 Å². The Morgan fingerprint density at radius 1 is 1.23 bits per heavy atom. The van der Waals surface area contributed by atoms with Gasteiger partial charge in [-0.3, -0.25) is 4.90 Å². The van der Waals surface area contributed by atoms with Crippen LogP contribution in [0.4, 0.5) is 0 Å². The van der Waals surface area contributed by atoms with E-state index in [2.05, 4.69) is 9.80 Å². The molecule has 74 valence electrons. The Morgan fingerprint density at radius 3 is 2.31 bits per heavy atom. The number of nitrogens with zero attached hydrogens (tertiary/aromatic N) is 2. The van der Waals surface area contributed by atoms with Crippen LogP contribution in [0.15, 0.2) is 0 Å². The quantitative estimate of drug-likeness (QED) is 0.647. The van der Waals surface area contributed by atoms with E-state index in [-0.39, 0.29) is 0 Å². The van der Waals surface area contributed by atoms with Gasteiger partial charge in [-0.25, -0.2) is 0 Å². The van der Waals surface area contributed by atoms with Gasteiger partial charge in [-0.15, -0.1) is 0 Å². The van der Waals surface area contributed by atoms with E-state index in [0.717, 1.165) is 32.1 Å². The van der Waals surface area contributed by atoms with E-state index < -0.39 is 0 Å². The number of piperazine rings is 1. The largest absolute Gasteiger partial charge is 0.376 e. The number of hydrogen-bond acceptors (Lipinski definition) is 2. The van der Waals surface area contributed by atoms with E-state index in [1.54, 1.807) is 0 Å². The lowest BCUT2D eigenvalue weighted by Crippen LogP contribution is -2.50. The third-order valence-corrected chi connectivity index (χ3v) is 3.16. The first-order valence-corrected chi connectivity index (χ1v) is 5.43. The molecule has 2 N–H and O–H groups in total. The molecule has 0 aromatic heterocycles. The van der Waals surface area contributed by atoms with Gasteiger partial charge in [0.2, 0.25) is 0 Å². The number of rotatable bonds is 2. The maximum Gasteiger partial charge on any atom is 0.166 e. The minimum absolute atomic E-state index is 0.561. The van der Waals surface area contributed by atoms with Crippen molar-refractivity contribution in [1.82, 2.24) is 9.80 Å². The lowest BCUT2D eigenvalue weighted by molar-refractivity contribution is 0.177. The van der Waals surface area contributed by atoms with Crippen LogP contribution in [-0.2, 0) is 0 Å². The molecule has 0 aromatic carbocycles. The second kappa shape index (κ2) is 3.80. The van der Waals surface area contributed by atoms with Crippen LogP contribution in [-0.4, -0.2) is 47.6 Å². The second-order valence-corrected chi connectivity index (χ2v) is 4.49. The maximum absolute atomic E-state index is 5.57. The van der Waals surface area contributed by atoms with Crippen molar-refractivity contribution in [3.63, 3.8) is 0 Å². The first-order chi connectivity index (χ1) is 6.25. The lowest BCUT2D eigenvalue weighted by atomic mass is 10.3. The van der Waals surface area contributed by atoms with Gasteiger partial charge in [-0.05, 0) is 31.0 Å². The zero-order valence-electron chi connectivity index (χ0n) is 7.91. The molecule has 2 rings (SSSR count). The molecule has 3 nitrogen and oxygen atoms in total. The van der Waals surface area contributed by atoms with Gasteiger partial charge >= 0.3 is 0 Å². The van der Waals surface area contributed by atoms with E-state index in [1.807, 2.05) is 0 Å². The van der Waals surface area contributed by atoms with Crippen LogP contribution in [0.25, 0.3) is 0 Å². The van der Waals surface area contributed by atoms with Crippen molar-refractivity contribution >= 4 is 17.3 Å². The Bertz CT molecular complexity index is 195. The van der Waals surface area contributed by atoms with Crippen LogP contribution >= 0.6 is 12.2 Å². The Hall–Kier alpha value is -0.350. The molecule has 4 heteroatoms. The molecule has 2 aliphatic rings.